The SMILES string of the molecule is CCOC(=O)CN(C)P(=O)(OC[C@H]1O[C@H](O)[C@H](NC(C)=O)[C@@H](O)[C@@H]1O)Oc1ccc(OC)cc1. The van der Waals surface area contributed by atoms with Crippen molar-refractivity contribution in [3.8, 4) is 11.5 Å². The first-order chi connectivity index (χ1) is 16.0. The van der Waals surface area contributed by atoms with Gasteiger partial charge < -0.3 is 39.4 Å². The summed E-state index contributed by atoms with van der Waals surface area (Å²) in [6.45, 7) is 1.88. The van der Waals surface area contributed by atoms with Crippen molar-refractivity contribution >= 4 is 19.6 Å². The van der Waals surface area contributed by atoms with Crippen LogP contribution >= 0.6 is 7.75 Å². The van der Waals surface area contributed by atoms with E-state index in [1.54, 1.807) is 19.1 Å². The first-order valence-corrected chi connectivity index (χ1v) is 11.9. The van der Waals surface area contributed by atoms with Crippen LogP contribution in [0.15, 0.2) is 24.3 Å². The van der Waals surface area contributed by atoms with Crippen molar-refractivity contribution in [3.05, 3.63) is 24.3 Å². The summed E-state index contributed by atoms with van der Waals surface area (Å²) >= 11 is 0. The third-order valence-corrected chi connectivity index (χ3v) is 6.75. The van der Waals surface area contributed by atoms with Gasteiger partial charge in [-0.05, 0) is 38.2 Å². The molecular formula is C20H31N2O11P. The average Bonchev–Trinajstić information content (AvgIpc) is 2.78. The van der Waals surface area contributed by atoms with E-state index >= 15 is 0 Å². The van der Waals surface area contributed by atoms with Gasteiger partial charge in [0.05, 0.1) is 20.3 Å². The largest absolute Gasteiger partial charge is 0.497 e. The van der Waals surface area contributed by atoms with Crippen molar-refractivity contribution in [1.29, 1.82) is 0 Å². The summed E-state index contributed by atoms with van der Waals surface area (Å²) in [5, 5.41) is 33.1. The second kappa shape index (κ2) is 12.5. The smallest absolute Gasteiger partial charge is 0.461 e. The maximum absolute atomic E-state index is 13.6. The first-order valence-electron chi connectivity index (χ1n) is 10.4. The van der Waals surface area contributed by atoms with Gasteiger partial charge in [-0.2, -0.15) is 4.67 Å². The molecule has 0 saturated carbocycles. The Bertz CT molecular complexity index is 869. The molecule has 6 atom stereocenters. The third kappa shape index (κ3) is 7.37. The number of carbonyl (C=O) groups is 2. The van der Waals surface area contributed by atoms with E-state index in [-0.39, 0.29) is 12.4 Å². The highest BCUT2D eigenvalue weighted by molar-refractivity contribution is 7.51. The monoisotopic (exact) mass is 506 g/mol. The Kier molecular flexibility index (Phi) is 10.3. The molecule has 192 valence electrons. The van der Waals surface area contributed by atoms with Crippen LogP contribution in [0.3, 0.4) is 0 Å². The van der Waals surface area contributed by atoms with Crippen LogP contribution in [0.4, 0.5) is 0 Å². The van der Waals surface area contributed by atoms with Crippen molar-refractivity contribution in [1.82, 2.24) is 9.99 Å². The van der Waals surface area contributed by atoms with Crippen molar-refractivity contribution in [3.63, 3.8) is 0 Å². The van der Waals surface area contributed by atoms with Crippen LogP contribution in [0.2, 0.25) is 0 Å². The van der Waals surface area contributed by atoms with Crippen LogP contribution in [0.5, 0.6) is 11.5 Å². The number of hydrogen-bond acceptors (Lipinski definition) is 11. The van der Waals surface area contributed by atoms with E-state index in [9.17, 15) is 29.5 Å². The fraction of sp³-hybridized carbons (Fsp3) is 0.600. The highest BCUT2D eigenvalue weighted by Crippen LogP contribution is 2.51. The Morgan fingerprint density at radius 2 is 1.76 bits per heavy atom. The molecule has 0 aliphatic carbocycles. The van der Waals surface area contributed by atoms with Gasteiger partial charge in [0.1, 0.15) is 42.4 Å². The van der Waals surface area contributed by atoms with Gasteiger partial charge in [-0.1, -0.05) is 0 Å². The molecule has 2 rings (SSSR count). The lowest BCUT2D eigenvalue weighted by atomic mass is 9.97. The van der Waals surface area contributed by atoms with E-state index < -0.39 is 63.4 Å². The number of aliphatic hydroxyl groups is 3. The van der Waals surface area contributed by atoms with Crippen LogP contribution in [0.25, 0.3) is 0 Å². The van der Waals surface area contributed by atoms with Gasteiger partial charge in [-0.3, -0.25) is 14.1 Å². The van der Waals surface area contributed by atoms with Gasteiger partial charge in [0.15, 0.2) is 6.29 Å². The highest BCUT2D eigenvalue weighted by Gasteiger charge is 2.46. The lowest BCUT2D eigenvalue weighted by Gasteiger charge is -2.41. The van der Waals surface area contributed by atoms with Crippen LogP contribution in [-0.2, 0) is 28.2 Å². The normalized spacial score (nSPS) is 26.4. The summed E-state index contributed by atoms with van der Waals surface area (Å²) in [6.07, 6.45) is -6.21. The van der Waals surface area contributed by atoms with Gasteiger partial charge in [-0.15, -0.1) is 0 Å². The van der Waals surface area contributed by atoms with Gasteiger partial charge >= 0.3 is 13.7 Å². The summed E-state index contributed by atoms with van der Waals surface area (Å²) in [4.78, 5) is 23.2. The van der Waals surface area contributed by atoms with E-state index in [0.29, 0.717) is 5.75 Å². The molecule has 1 fully saturated rings. The maximum Gasteiger partial charge on any atom is 0.461 e. The number of ether oxygens (including phenoxy) is 3. The van der Waals surface area contributed by atoms with Gasteiger partial charge in [0, 0.05) is 6.92 Å². The number of rotatable bonds is 11. The third-order valence-electron chi connectivity index (χ3n) is 4.85. The fourth-order valence-corrected chi connectivity index (χ4v) is 4.49. The molecule has 1 aromatic rings. The Morgan fingerprint density at radius 3 is 2.32 bits per heavy atom. The molecule has 1 unspecified atom stereocenters. The highest BCUT2D eigenvalue weighted by atomic mass is 31.2. The molecule has 1 saturated heterocycles. The topological polar surface area (TPSA) is 173 Å². The lowest BCUT2D eigenvalue weighted by molar-refractivity contribution is -0.252. The molecule has 13 nitrogen and oxygen atoms in total. The summed E-state index contributed by atoms with van der Waals surface area (Å²) in [5.74, 6) is -0.564. The number of nitrogens with zero attached hydrogens (tertiary/aromatic N) is 1. The van der Waals surface area contributed by atoms with Crippen LogP contribution in [-0.4, -0.2) is 96.4 Å². The van der Waals surface area contributed by atoms with Gasteiger partial charge in [0.25, 0.3) is 0 Å². The van der Waals surface area contributed by atoms with Crippen LogP contribution in [0.1, 0.15) is 13.8 Å². The van der Waals surface area contributed by atoms with Crippen LogP contribution in [0, 0.1) is 0 Å². The zero-order valence-corrected chi connectivity index (χ0v) is 20.2. The number of aliphatic hydroxyl groups excluding tert-OH is 3. The van der Waals surface area contributed by atoms with Crippen LogP contribution < -0.4 is 14.6 Å². The summed E-state index contributed by atoms with van der Waals surface area (Å²) in [6, 6.07) is 4.80. The molecule has 1 aliphatic rings. The van der Waals surface area contributed by atoms with E-state index in [1.807, 2.05) is 0 Å². The zero-order chi connectivity index (χ0) is 25.5. The molecule has 14 heteroatoms. The number of carbonyl (C=O) groups excluding carboxylic acids is 2. The number of benzene rings is 1. The second-order valence-corrected chi connectivity index (χ2v) is 9.49. The fourth-order valence-electron chi connectivity index (χ4n) is 3.09. The summed E-state index contributed by atoms with van der Waals surface area (Å²) in [5.41, 5.74) is 0. The van der Waals surface area contributed by atoms with Crippen molar-refractivity contribution in [2.45, 2.75) is 44.5 Å². The molecule has 1 aromatic carbocycles. The van der Waals surface area contributed by atoms with E-state index in [1.165, 1.54) is 33.2 Å². The number of likely N-dealkylation sites (N-methyl/N-ethyl adjacent to an activating group) is 1. The zero-order valence-electron chi connectivity index (χ0n) is 19.3. The molecule has 0 bridgehead atoms. The molecule has 1 amide bonds. The summed E-state index contributed by atoms with van der Waals surface area (Å²) in [7, 11) is -1.44. The number of methoxy groups -OCH3 is 1. The van der Waals surface area contributed by atoms with E-state index in [0.717, 1.165) is 4.67 Å². The first kappa shape index (κ1) is 28.0. The lowest BCUT2D eigenvalue weighted by Crippen LogP contribution is -2.64. The molecule has 1 aliphatic heterocycles. The Labute approximate surface area is 197 Å². The molecule has 4 N–H and O–H groups in total. The number of amides is 1. The molecule has 34 heavy (non-hydrogen) atoms. The molecule has 1 heterocycles. The van der Waals surface area contributed by atoms with Crippen molar-refractivity contribution in [2.24, 2.45) is 0 Å². The van der Waals surface area contributed by atoms with Gasteiger partial charge in [0.2, 0.25) is 5.91 Å². The van der Waals surface area contributed by atoms with Crippen molar-refractivity contribution < 1.29 is 52.7 Å². The molecular weight excluding hydrogens is 475 g/mol. The van der Waals surface area contributed by atoms with E-state index in [4.69, 9.17) is 23.3 Å². The van der Waals surface area contributed by atoms with Gasteiger partial charge in [-0.25, -0.2) is 4.57 Å². The molecule has 0 spiro atoms. The predicted octanol–water partition coefficient (Wildman–Crippen LogP) is -0.363. The molecule has 0 aromatic heterocycles. The minimum absolute atomic E-state index is 0.116. The standard InChI is InChI=1S/C20H31N2O11P/c1-5-30-16(24)10-22(3)34(28,33-14-8-6-13(29-4)7-9-14)31-11-15-18(25)19(26)17(20(27)32-15)21-12(2)23/h6-9,15,17-20,25-27H,5,10-11H2,1-4H3,(H,21,23)/t15-,17-,18-,19-,20+,34?/m1/s1. The Morgan fingerprint density at radius 1 is 1.15 bits per heavy atom. The van der Waals surface area contributed by atoms with Crippen molar-refractivity contribution in [2.75, 3.05) is 33.9 Å². The number of hydrogen-bond donors (Lipinski definition) is 4. The molecule has 0 radical (unpaired) electrons. The number of nitrogens with one attached hydrogen (secondary N) is 1. The Balaban J connectivity index is 2.17. The van der Waals surface area contributed by atoms with E-state index in [2.05, 4.69) is 5.32 Å². The average molecular weight is 506 g/mol. The number of esters is 1. The predicted molar refractivity (Wildman–Crippen MR) is 117 cm³/mol. The second-order valence-electron chi connectivity index (χ2n) is 7.42. The Hall–Kier alpha value is -2.25. The minimum Gasteiger partial charge on any atom is -0.497 e. The maximum atomic E-state index is 13.6. The summed E-state index contributed by atoms with van der Waals surface area (Å²) < 4.78 is 40.9. The minimum atomic E-state index is -4.24. The quantitative estimate of drug-likeness (QED) is 0.227.